The summed E-state index contributed by atoms with van der Waals surface area (Å²) < 4.78 is 43.0. The zero-order valence-corrected chi connectivity index (χ0v) is 9.88. The molecule has 2 atom stereocenters. The molecular formula is C10H17F3N2O2. The fourth-order valence-electron chi connectivity index (χ4n) is 2.09. The maximum atomic E-state index is 12.7. The van der Waals surface area contributed by atoms with E-state index in [9.17, 15) is 18.0 Å². The van der Waals surface area contributed by atoms with E-state index < -0.39 is 18.0 Å². The smallest absolute Gasteiger partial charge is 0.384 e. The van der Waals surface area contributed by atoms with Gasteiger partial charge in [0.1, 0.15) is 0 Å². The number of carbonyl (C=O) groups excluding carboxylic acids is 1. The number of halogens is 3. The summed E-state index contributed by atoms with van der Waals surface area (Å²) in [5, 5.41) is 2.64. The minimum absolute atomic E-state index is 0.0213. The highest BCUT2D eigenvalue weighted by atomic mass is 19.4. The lowest BCUT2D eigenvalue weighted by Crippen LogP contribution is -2.36. The van der Waals surface area contributed by atoms with Gasteiger partial charge in [0.25, 0.3) is 0 Å². The van der Waals surface area contributed by atoms with Gasteiger partial charge in [0.15, 0.2) is 0 Å². The van der Waals surface area contributed by atoms with Crippen molar-refractivity contribution in [3.63, 3.8) is 0 Å². The molecule has 0 aliphatic carbocycles. The van der Waals surface area contributed by atoms with Gasteiger partial charge < -0.3 is 15.0 Å². The number of amides is 1. The molecule has 0 unspecified atom stereocenters. The van der Waals surface area contributed by atoms with Gasteiger partial charge in [0, 0.05) is 26.1 Å². The molecule has 1 heterocycles. The number of hydrogen-bond donors (Lipinski definition) is 1. The van der Waals surface area contributed by atoms with Crippen LogP contribution in [0.5, 0.6) is 0 Å². The van der Waals surface area contributed by atoms with Gasteiger partial charge in [-0.3, -0.25) is 4.79 Å². The Bertz CT molecular complexity index is 271. The second kappa shape index (κ2) is 5.68. The Morgan fingerprint density at radius 3 is 2.59 bits per heavy atom. The molecule has 0 aromatic rings. The van der Waals surface area contributed by atoms with Crippen molar-refractivity contribution >= 4 is 5.91 Å². The van der Waals surface area contributed by atoms with Gasteiger partial charge in [-0.2, -0.15) is 13.2 Å². The average molecular weight is 254 g/mol. The molecule has 0 aromatic carbocycles. The van der Waals surface area contributed by atoms with E-state index in [0.717, 1.165) is 0 Å². The van der Waals surface area contributed by atoms with Gasteiger partial charge in [-0.15, -0.1) is 0 Å². The molecule has 0 aromatic heterocycles. The average Bonchev–Trinajstić information content (AvgIpc) is 2.62. The number of nitrogens with zero attached hydrogens (tertiary/aromatic N) is 1. The number of ether oxygens (including phenoxy) is 1. The summed E-state index contributed by atoms with van der Waals surface area (Å²) in [7, 11) is 2.95. The summed E-state index contributed by atoms with van der Waals surface area (Å²) in [6, 6.07) is 0. The van der Waals surface area contributed by atoms with E-state index in [-0.39, 0.29) is 32.1 Å². The van der Waals surface area contributed by atoms with Crippen LogP contribution in [-0.2, 0) is 9.53 Å². The van der Waals surface area contributed by atoms with Crippen LogP contribution >= 0.6 is 0 Å². The Balaban J connectivity index is 2.68. The van der Waals surface area contributed by atoms with Crippen LogP contribution in [0.2, 0.25) is 0 Å². The number of alkyl halides is 3. The molecule has 0 spiro atoms. The summed E-state index contributed by atoms with van der Waals surface area (Å²) in [4.78, 5) is 12.8. The van der Waals surface area contributed by atoms with Gasteiger partial charge in [-0.1, -0.05) is 0 Å². The summed E-state index contributed by atoms with van der Waals surface area (Å²) in [5.41, 5.74) is 0. The van der Waals surface area contributed by atoms with Gasteiger partial charge >= 0.3 is 6.18 Å². The fraction of sp³-hybridized carbons (Fsp3) is 0.900. The maximum absolute atomic E-state index is 12.7. The lowest BCUT2D eigenvalue weighted by molar-refractivity contribution is -0.183. The van der Waals surface area contributed by atoms with Crippen LogP contribution in [-0.4, -0.2) is 57.4 Å². The minimum atomic E-state index is -4.28. The zero-order chi connectivity index (χ0) is 13.1. The van der Waals surface area contributed by atoms with E-state index in [0.29, 0.717) is 0 Å². The lowest BCUT2D eigenvalue weighted by Gasteiger charge is -2.19. The van der Waals surface area contributed by atoms with E-state index in [4.69, 9.17) is 4.74 Å². The molecule has 0 bridgehead atoms. The van der Waals surface area contributed by atoms with Crippen LogP contribution in [0.4, 0.5) is 13.2 Å². The molecule has 17 heavy (non-hydrogen) atoms. The maximum Gasteiger partial charge on any atom is 0.393 e. The third-order valence-corrected chi connectivity index (χ3v) is 2.92. The van der Waals surface area contributed by atoms with Crippen molar-refractivity contribution < 1.29 is 22.7 Å². The van der Waals surface area contributed by atoms with E-state index in [1.165, 1.54) is 12.0 Å². The second-order valence-electron chi connectivity index (χ2n) is 4.19. The summed E-state index contributed by atoms with van der Waals surface area (Å²) in [6.07, 6.45) is -4.28. The third kappa shape index (κ3) is 3.57. The van der Waals surface area contributed by atoms with Crippen molar-refractivity contribution in [2.45, 2.75) is 6.18 Å². The van der Waals surface area contributed by atoms with Crippen molar-refractivity contribution in [1.29, 1.82) is 0 Å². The van der Waals surface area contributed by atoms with Crippen LogP contribution in [0.15, 0.2) is 0 Å². The first kappa shape index (κ1) is 14.2. The number of methoxy groups -OCH3 is 1. The van der Waals surface area contributed by atoms with E-state index in [2.05, 4.69) is 5.32 Å². The van der Waals surface area contributed by atoms with Crippen molar-refractivity contribution in [2.24, 2.45) is 11.8 Å². The first-order valence-corrected chi connectivity index (χ1v) is 5.38. The predicted octanol–water partition coefficient (Wildman–Crippen LogP) is 0.489. The largest absolute Gasteiger partial charge is 0.393 e. The standard InChI is InChI=1S/C10H17F3N2O2/c1-14-3-9(16)15-4-7(6-17-2)8(5-15)10(11,12)13/h7-8,14H,3-6H2,1-2H3/t7-,8+/m1/s1. The van der Waals surface area contributed by atoms with Gasteiger partial charge in [0.05, 0.1) is 19.1 Å². The highest BCUT2D eigenvalue weighted by molar-refractivity contribution is 5.78. The quantitative estimate of drug-likeness (QED) is 0.794. The fourth-order valence-corrected chi connectivity index (χ4v) is 2.09. The predicted molar refractivity (Wildman–Crippen MR) is 55.4 cm³/mol. The Morgan fingerprint density at radius 1 is 1.47 bits per heavy atom. The molecule has 1 N–H and O–H groups in total. The molecule has 7 heteroatoms. The Kier molecular flexibility index (Phi) is 4.76. The van der Waals surface area contributed by atoms with E-state index >= 15 is 0 Å². The monoisotopic (exact) mass is 254 g/mol. The summed E-state index contributed by atoms with van der Waals surface area (Å²) in [6.45, 7) is -0.0750. The minimum Gasteiger partial charge on any atom is -0.384 e. The Morgan fingerprint density at radius 2 is 2.12 bits per heavy atom. The van der Waals surface area contributed by atoms with E-state index in [1.807, 2.05) is 0 Å². The van der Waals surface area contributed by atoms with Gasteiger partial charge in [-0.25, -0.2) is 0 Å². The lowest BCUT2D eigenvalue weighted by atomic mass is 9.96. The highest BCUT2D eigenvalue weighted by Crippen LogP contribution is 2.37. The molecule has 1 rings (SSSR count). The molecule has 0 saturated carbocycles. The molecule has 0 radical (unpaired) electrons. The normalized spacial score (nSPS) is 25.4. The van der Waals surface area contributed by atoms with Crippen LogP contribution < -0.4 is 5.32 Å². The zero-order valence-electron chi connectivity index (χ0n) is 9.88. The number of carbonyl (C=O) groups is 1. The SMILES string of the molecule is CNCC(=O)N1C[C@H](COC)[C@@H](C(F)(F)F)C1. The number of rotatable bonds is 4. The van der Waals surface area contributed by atoms with Crippen molar-refractivity contribution in [1.82, 2.24) is 10.2 Å². The molecule has 1 saturated heterocycles. The first-order chi connectivity index (χ1) is 7.90. The number of likely N-dealkylation sites (tertiary alicyclic amines) is 1. The van der Waals surface area contributed by atoms with Crippen molar-refractivity contribution in [3.05, 3.63) is 0 Å². The molecule has 4 nitrogen and oxygen atoms in total. The molecule has 1 fully saturated rings. The van der Waals surface area contributed by atoms with Crippen molar-refractivity contribution in [3.8, 4) is 0 Å². The van der Waals surface area contributed by atoms with Crippen LogP contribution in [0.1, 0.15) is 0 Å². The van der Waals surface area contributed by atoms with Gasteiger partial charge in [0.2, 0.25) is 5.91 Å². The molecule has 1 aliphatic heterocycles. The van der Waals surface area contributed by atoms with Crippen LogP contribution in [0.25, 0.3) is 0 Å². The van der Waals surface area contributed by atoms with Gasteiger partial charge in [-0.05, 0) is 7.05 Å². The van der Waals surface area contributed by atoms with E-state index in [1.54, 1.807) is 7.05 Å². The summed E-state index contributed by atoms with van der Waals surface area (Å²) in [5.74, 6) is -2.45. The molecule has 100 valence electrons. The Labute approximate surface area is 98.1 Å². The molecule has 1 aliphatic rings. The van der Waals surface area contributed by atoms with Crippen LogP contribution in [0.3, 0.4) is 0 Å². The summed E-state index contributed by atoms with van der Waals surface area (Å²) >= 11 is 0. The highest BCUT2D eigenvalue weighted by Gasteiger charge is 2.50. The molecular weight excluding hydrogens is 237 g/mol. The van der Waals surface area contributed by atoms with Crippen molar-refractivity contribution in [2.75, 3.05) is 40.4 Å². The molecule has 1 amide bonds. The number of likely N-dealkylation sites (N-methyl/N-ethyl adjacent to an activating group) is 1. The number of hydrogen-bond acceptors (Lipinski definition) is 3. The Hall–Kier alpha value is -0.820. The first-order valence-electron chi connectivity index (χ1n) is 5.38. The van der Waals surface area contributed by atoms with Crippen LogP contribution in [0, 0.1) is 11.8 Å². The third-order valence-electron chi connectivity index (χ3n) is 2.92. The second-order valence-corrected chi connectivity index (χ2v) is 4.19. The number of nitrogens with one attached hydrogen (secondary N) is 1. The topological polar surface area (TPSA) is 41.6 Å².